The largest absolute Gasteiger partial charge is 0.381 e. The average molecular weight is 216 g/mol. The van der Waals surface area contributed by atoms with E-state index in [1.807, 2.05) is 4.68 Å². The maximum atomic E-state index is 5.85. The Morgan fingerprint density at radius 1 is 1.64 bits per heavy atom. The van der Waals surface area contributed by atoms with E-state index in [0.29, 0.717) is 10.8 Å². The molecule has 5 heteroatoms. The number of methoxy groups -OCH3 is 1. The fraction of sp³-hybridized carbons (Fsp3) is 0.667. The van der Waals surface area contributed by atoms with E-state index in [0.717, 1.165) is 12.8 Å². The highest BCUT2D eigenvalue weighted by Crippen LogP contribution is 2.33. The lowest BCUT2D eigenvalue weighted by Crippen LogP contribution is -2.21. The minimum atomic E-state index is 0.241. The first-order valence-corrected chi connectivity index (χ1v) is 5.13. The molecule has 1 aliphatic rings. The Balaban J connectivity index is 2.21. The van der Waals surface area contributed by atoms with E-state index in [1.54, 1.807) is 13.3 Å². The van der Waals surface area contributed by atoms with E-state index < -0.39 is 0 Å². The standard InChI is InChI=1S/C9H14ClN3O/c1-14-8-4-2-3-7(8)13-5-6(10)9(11)12-13/h5,7-8H,2-4H2,1H3,(H2,11,12). The zero-order chi connectivity index (χ0) is 10.1. The molecule has 1 aromatic rings. The highest BCUT2D eigenvalue weighted by Gasteiger charge is 2.29. The van der Waals surface area contributed by atoms with Gasteiger partial charge in [0.05, 0.1) is 12.1 Å². The molecule has 1 aliphatic carbocycles. The number of rotatable bonds is 2. The van der Waals surface area contributed by atoms with Gasteiger partial charge in [-0.15, -0.1) is 0 Å². The molecular formula is C9H14ClN3O. The predicted octanol–water partition coefficient (Wildman–Crippen LogP) is 1.86. The predicted molar refractivity (Wildman–Crippen MR) is 55.3 cm³/mol. The van der Waals surface area contributed by atoms with Crippen molar-refractivity contribution >= 4 is 17.4 Å². The molecule has 0 radical (unpaired) electrons. The molecule has 2 atom stereocenters. The van der Waals surface area contributed by atoms with Gasteiger partial charge in [0.15, 0.2) is 5.82 Å². The Bertz CT molecular complexity index is 306. The van der Waals surface area contributed by atoms with Gasteiger partial charge in [-0.1, -0.05) is 11.6 Å². The monoisotopic (exact) mass is 215 g/mol. The smallest absolute Gasteiger partial charge is 0.164 e. The van der Waals surface area contributed by atoms with Crippen LogP contribution >= 0.6 is 11.6 Å². The van der Waals surface area contributed by atoms with Crippen molar-refractivity contribution in [1.29, 1.82) is 0 Å². The summed E-state index contributed by atoms with van der Waals surface area (Å²) in [6.07, 6.45) is 5.35. The summed E-state index contributed by atoms with van der Waals surface area (Å²) >= 11 is 5.85. The summed E-state index contributed by atoms with van der Waals surface area (Å²) in [5.74, 6) is 0.397. The molecule has 0 spiro atoms. The van der Waals surface area contributed by atoms with Crippen LogP contribution in [-0.2, 0) is 4.74 Å². The van der Waals surface area contributed by atoms with Gasteiger partial charge in [-0.3, -0.25) is 4.68 Å². The molecule has 2 unspecified atom stereocenters. The third-order valence-corrected chi connectivity index (χ3v) is 3.06. The van der Waals surface area contributed by atoms with Gasteiger partial charge < -0.3 is 10.5 Å². The van der Waals surface area contributed by atoms with E-state index in [-0.39, 0.29) is 12.1 Å². The average Bonchev–Trinajstić information content (AvgIpc) is 2.73. The van der Waals surface area contributed by atoms with E-state index in [9.17, 15) is 0 Å². The lowest BCUT2D eigenvalue weighted by Gasteiger charge is -2.18. The van der Waals surface area contributed by atoms with Gasteiger partial charge in [0.2, 0.25) is 0 Å². The van der Waals surface area contributed by atoms with Crippen LogP contribution in [0.1, 0.15) is 25.3 Å². The van der Waals surface area contributed by atoms with E-state index in [1.165, 1.54) is 6.42 Å². The Morgan fingerprint density at radius 3 is 3.00 bits per heavy atom. The van der Waals surface area contributed by atoms with Gasteiger partial charge >= 0.3 is 0 Å². The minimum Gasteiger partial charge on any atom is -0.381 e. The molecule has 0 bridgehead atoms. The van der Waals surface area contributed by atoms with E-state index in [4.69, 9.17) is 22.1 Å². The Labute approximate surface area is 88.0 Å². The maximum Gasteiger partial charge on any atom is 0.164 e. The van der Waals surface area contributed by atoms with Crippen molar-refractivity contribution in [3.63, 3.8) is 0 Å². The second kappa shape index (κ2) is 3.79. The molecule has 4 nitrogen and oxygen atoms in total. The van der Waals surface area contributed by atoms with Crippen LogP contribution in [0.4, 0.5) is 5.82 Å². The molecule has 14 heavy (non-hydrogen) atoms. The van der Waals surface area contributed by atoms with Gasteiger partial charge in [0.1, 0.15) is 5.02 Å². The number of ether oxygens (including phenoxy) is 1. The summed E-state index contributed by atoms with van der Waals surface area (Å²) in [6, 6.07) is 0.287. The van der Waals surface area contributed by atoms with Crippen molar-refractivity contribution in [3.05, 3.63) is 11.2 Å². The normalized spacial score (nSPS) is 27.0. The molecule has 0 amide bonds. The fourth-order valence-electron chi connectivity index (χ4n) is 2.04. The molecule has 0 aliphatic heterocycles. The first kappa shape index (κ1) is 9.80. The summed E-state index contributed by atoms with van der Waals surface area (Å²) in [7, 11) is 1.73. The first-order chi connectivity index (χ1) is 6.72. The van der Waals surface area contributed by atoms with Gasteiger partial charge in [-0.25, -0.2) is 0 Å². The Morgan fingerprint density at radius 2 is 2.43 bits per heavy atom. The van der Waals surface area contributed by atoms with Crippen molar-refractivity contribution in [1.82, 2.24) is 9.78 Å². The van der Waals surface area contributed by atoms with Crippen LogP contribution < -0.4 is 5.73 Å². The molecule has 0 aromatic carbocycles. The van der Waals surface area contributed by atoms with E-state index >= 15 is 0 Å². The number of halogens is 1. The van der Waals surface area contributed by atoms with Crippen molar-refractivity contribution < 1.29 is 4.74 Å². The molecular weight excluding hydrogens is 202 g/mol. The maximum absolute atomic E-state index is 5.85. The van der Waals surface area contributed by atoms with Gasteiger partial charge in [-0.2, -0.15) is 5.10 Å². The summed E-state index contributed by atoms with van der Waals surface area (Å²) in [5.41, 5.74) is 5.59. The molecule has 0 saturated heterocycles. The van der Waals surface area contributed by atoms with Crippen LogP contribution in [0.15, 0.2) is 6.20 Å². The van der Waals surface area contributed by atoms with E-state index in [2.05, 4.69) is 5.10 Å². The molecule has 78 valence electrons. The van der Waals surface area contributed by atoms with Crippen LogP contribution in [-0.4, -0.2) is 23.0 Å². The topological polar surface area (TPSA) is 53.1 Å². The number of nitrogens with two attached hydrogens (primary N) is 1. The molecule has 2 N–H and O–H groups in total. The van der Waals surface area contributed by atoms with Gasteiger partial charge in [0.25, 0.3) is 0 Å². The Kier molecular flexibility index (Phi) is 2.65. The van der Waals surface area contributed by atoms with Crippen molar-refractivity contribution in [2.24, 2.45) is 0 Å². The van der Waals surface area contributed by atoms with Crippen LogP contribution in [0.25, 0.3) is 0 Å². The molecule has 1 aromatic heterocycles. The highest BCUT2D eigenvalue weighted by molar-refractivity contribution is 6.32. The third-order valence-electron chi connectivity index (χ3n) is 2.77. The first-order valence-electron chi connectivity index (χ1n) is 4.75. The quantitative estimate of drug-likeness (QED) is 0.820. The van der Waals surface area contributed by atoms with Crippen molar-refractivity contribution in [2.45, 2.75) is 31.4 Å². The lowest BCUT2D eigenvalue weighted by molar-refractivity contribution is 0.0710. The van der Waals surface area contributed by atoms with Crippen molar-refractivity contribution in [2.75, 3.05) is 12.8 Å². The summed E-state index contributed by atoms with van der Waals surface area (Å²) in [6.45, 7) is 0. The number of anilines is 1. The number of aromatic nitrogens is 2. The van der Waals surface area contributed by atoms with Crippen LogP contribution in [0, 0.1) is 0 Å². The highest BCUT2D eigenvalue weighted by atomic mass is 35.5. The zero-order valence-corrected chi connectivity index (χ0v) is 8.87. The number of hydrogen-bond acceptors (Lipinski definition) is 3. The van der Waals surface area contributed by atoms with Crippen LogP contribution in [0.2, 0.25) is 5.02 Å². The summed E-state index contributed by atoms with van der Waals surface area (Å²) < 4.78 is 7.21. The van der Waals surface area contributed by atoms with Crippen LogP contribution in [0.5, 0.6) is 0 Å². The Hall–Kier alpha value is -0.740. The fourth-order valence-corrected chi connectivity index (χ4v) is 2.17. The second-order valence-electron chi connectivity index (χ2n) is 3.61. The molecule has 1 heterocycles. The lowest BCUT2D eigenvalue weighted by atomic mass is 10.2. The van der Waals surface area contributed by atoms with Gasteiger partial charge in [-0.05, 0) is 19.3 Å². The van der Waals surface area contributed by atoms with Gasteiger partial charge in [0, 0.05) is 13.3 Å². The van der Waals surface area contributed by atoms with Crippen molar-refractivity contribution in [3.8, 4) is 0 Å². The minimum absolute atomic E-state index is 0.241. The number of hydrogen-bond donors (Lipinski definition) is 1. The zero-order valence-electron chi connectivity index (χ0n) is 8.11. The SMILES string of the molecule is COC1CCCC1n1cc(Cl)c(N)n1. The van der Waals surface area contributed by atoms with Crippen LogP contribution in [0.3, 0.4) is 0 Å². The number of nitrogens with zero attached hydrogens (tertiary/aromatic N) is 2. The summed E-state index contributed by atoms with van der Waals surface area (Å²) in [5, 5.41) is 4.69. The second-order valence-corrected chi connectivity index (χ2v) is 4.02. The summed E-state index contributed by atoms with van der Waals surface area (Å²) in [4.78, 5) is 0. The molecule has 2 rings (SSSR count). The third kappa shape index (κ3) is 1.60. The molecule has 1 saturated carbocycles. The molecule has 1 fully saturated rings. The number of nitrogen functional groups attached to an aromatic ring is 1.